The van der Waals surface area contributed by atoms with Gasteiger partial charge in [-0.1, -0.05) is 44.5 Å². The lowest BCUT2D eigenvalue weighted by Gasteiger charge is -2.43. The van der Waals surface area contributed by atoms with Crippen molar-refractivity contribution in [1.29, 1.82) is 0 Å². The number of hydrogen-bond donors (Lipinski definition) is 0. The quantitative estimate of drug-likeness (QED) is 0.546. The Hall–Kier alpha value is -2.53. The molecule has 6 atom stereocenters. The lowest BCUT2D eigenvalue weighted by molar-refractivity contribution is -0.160. The molecule has 5 heteroatoms. The molecule has 0 amide bonds. The van der Waals surface area contributed by atoms with Crippen molar-refractivity contribution in [1.82, 2.24) is 4.98 Å². The number of pyridine rings is 1. The second kappa shape index (κ2) is 7.95. The molecule has 0 spiro atoms. The highest BCUT2D eigenvalue weighted by Gasteiger charge is 2.66. The molecule has 4 nitrogen and oxygen atoms in total. The van der Waals surface area contributed by atoms with Crippen LogP contribution in [0.3, 0.4) is 0 Å². The molecular weight excluding hydrogens is 381 g/mol. The fourth-order valence-corrected chi connectivity index (χ4v) is 5.54. The van der Waals surface area contributed by atoms with Gasteiger partial charge in [0.05, 0.1) is 11.6 Å². The van der Waals surface area contributed by atoms with E-state index in [4.69, 9.17) is 9.84 Å². The molecule has 1 saturated carbocycles. The van der Waals surface area contributed by atoms with Crippen molar-refractivity contribution in [3.05, 3.63) is 60.2 Å². The van der Waals surface area contributed by atoms with Crippen molar-refractivity contribution in [3.8, 4) is 11.1 Å². The van der Waals surface area contributed by atoms with E-state index in [1.165, 1.54) is 12.1 Å². The Bertz CT molecular complexity index is 957. The van der Waals surface area contributed by atoms with Crippen molar-refractivity contribution in [2.75, 3.05) is 0 Å². The number of nitrogens with zero attached hydrogens (tertiary/aromatic N) is 1. The number of ether oxygens (including phenoxy) is 1. The number of carbonyl (C=O) groups is 1. The Labute approximate surface area is 176 Å². The third kappa shape index (κ3) is 3.56. The number of allylic oxidation sites excluding steroid dienone is 1. The molecule has 1 aliphatic heterocycles. The van der Waals surface area contributed by atoms with E-state index in [9.17, 15) is 9.18 Å². The third-order valence-electron chi connectivity index (χ3n) is 6.92. The molecule has 0 bridgehead atoms. The highest BCUT2D eigenvalue weighted by Crippen LogP contribution is 2.52. The molecule has 1 aliphatic carbocycles. The van der Waals surface area contributed by atoms with Gasteiger partial charge in [0.25, 0.3) is 5.60 Å². The van der Waals surface area contributed by atoms with Gasteiger partial charge < -0.3 is 9.84 Å². The van der Waals surface area contributed by atoms with Crippen LogP contribution in [0.15, 0.2) is 48.7 Å². The van der Waals surface area contributed by atoms with E-state index in [2.05, 4.69) is 24.9 Å². The molecule has 1 saturated heterocycles. The van der Waals surface area contributed by atoms with Crippen LogP contribution in [0.2, 0.25) is 0 Å². The predicted molar refractivity (Wildman–Crippen MR) is 115 cm³/mol. The molecule has 0 unspecified atom stereocenters. The zero-order valence-corrected chi connectivity index (χ0v) is 17.6. The number of hydrogen-bond acceptors (Lipinski definition) is 3. The van der Waals surface area contributed by atoms with Crippen LogP contribution in [-0.4, -0.2) is 27.8 Å². The summed E-state index contributed by atoms with van der Waals surface area (Å²) in [6, 6.07) is 10.3. The van der Waals surface area contributed by atoms with E-state index in [1.54, 1.807) is 12.3 Å². The summed E-state index contributed by atoms with van der Waals surface area (Å²) in [6.45, 7) is 6.23. The van der Waals surface area contributed by atoms with Gasteiger partial charge in [-0.15, -0.1) is 0 Å². The summed E-state index contributed by atoms with van der Waals surface area (Å²) >= 11 is 0. The third-order valence-corrected chi connectivity index (χ3v) is 6.92. The number of esters is 1. The minimum absolute atomic E-state index is 0.0856. The van der Waals surface area contributed by atoms with Gasteiger partial charge in [0, 0.05) is 18.2 Å². The number of carbonyl (C=O) groups excluding carboxylic acids is 1. The van der Waals surface area contributed by atoms with Crippen molar-refractivity contribution in [2.24, 2.45) is 23.7 Å². The maximum Gasteiger partial charge on any atom is 0.390 e. The van der Waals surface area contributed by atoms with Crippen molar-refractivity contribution >= 4 is 12.0 Å². The molecule has 158 valence electrons. The number of aromatic nitrogens is 1. The summed E-state index contributed by atoms with van der Waals surface area (Å²) in [5.74, 6) is -0.0311. The summed E-state index contributed by atoms with van der Waals surface area (Å²) < 4.78 is 19.0. The second-order valence-corrected chi connectivity index (χ2v) is 8.78. The van der Waals surface area contributed by atoms with Crippen LogP contribution in [0.4, 0.5) is 4.39 Å². The zero-order valence-electron chi connectivity index (χ0n) is 17.6. The molecule has 1 aromatic carbocycles. The van der Waals surface area contributed by atoms with Crippen LogP contribution < -0.4 is 0 Å². The molecule has 2 aromatic rings. The topological polar surface area (TPSA) is 62.1 Å². The average Bonchev–Trinajstić information content (AvgIpc) is 2.94. The fraction of sp³-hybridized carbons (Fsp3) is 0.440. The number of halogens is 1. The highest BCUT2D eigenvalue weighted by molar-refractivity contribution is 5.82. The van der Waals surface area contributed by atoms with Gasteiger partial charge in [0.2, 0.25) is 0 Å². The maximum absolute atomic E-state index is 13.5. The second-order valence-electron chi connectivity index (χ2n) is 8.78. The summed E-state index contributed by atoms with van der Waals surface area (Å²) in [4.78, 5) is 16.9. The summed E-state index contributed by atoms with van der Waals surface area (Å²) in [7, 11) is 0. The predicted octanol–water partition coefficient (Wildman–Crippen LogP) is 4.61. The van der Waals surface area contributed by atoms with Crippen molar-refractivity contribution in [2.45, 2.75) is 45.3 Å². The molecule has 2 heterocycles. The summed E-state index contributed by atoms with van der Waals surface area (Å²) in [6.07, 6.45) is 7.15. The lowest BCUT2D eigenvalue weighted by Crippen LogP contribution is -2.53. The smallest absolute Gasteiger partial charge is 0.390 e. The standard InChI is InChI=1S/C25H28FNO3/c1-4-21-15(2)13-25(29)23(16(3)30-24(25)28)22(21)11-10-20-9-8-18(14-27-20)17-6-5-7-19(26)12-17/h5-12,14-16,21-23,29H,4,13H2,1-3H3/p+1/b11-10+/t15-,16+,21+,22-,23-,25-/m0/s1. The Morgan fingerprint density at radius 2 is 2.07 bits per heavy atom. The van der Waals surface area contributed by atoms with E-state index in [0.29, 0.717) is 12.3 Å². The van der Waals surface area contributed by atoms with Crippen molar-refractivity contribution in [3.63, 3.8) is 0 Å². The molecule has 2 aliphatic rings. The van der Waals surface area contributed by atoms with Crippen molar-refractivity contribution < 1.29 is 19.0 Å². The van der Waals surface area contributed by atoms with E-state index >= 15 is 0 Å². The molecule has 30 heavy (non-hydrogen) atoms. The van der Waals surface area contributed by atoms with E-state index in [-0.39, 0.29) is 35.6 Å². The first-order chi connectivity index (χ1) is 14.3. The first-order valence-corrected chi connectivity index (χ1v) is 10.7. The van der Waals surface area contributed by atoms with Gasteiger partial charge in [-0.05, 0) is 54.5 Å². The van der Waals surface area contributed by atoms with E-state index in [1.807, 2.05) is 31.2 Å². The zero-order chi connectivity index (χ0) is 21.5. The van der Waals surface area contributed by atoms with Gasteiger partial charge in [0.15, 0.2) is 0 Å². The van der Waals surface area contributed by atoms with E-state index in [0.717, 1.165) is 23.2 Å². The van der Waals surface area contributed by atoms with Gasteiger partial charge in [-0.2, -0.15) is 0 Å². The molecule has 1 aromatic heterocycles. The van der Waals surface area contributed by atoms with Crippen LogP contribution in [0.25, 0.3) is 17.2 Å². The largest absolute Gasteiger partial charge is 0.456 e. The summed E-state index contributed by atoms with van der Waals surface area (Å²) in [5.41, 5.74) is 1.29. The minimum atomic E-state index is -1.16. The summed E-state index contributed by atoms with van der Waals surface area (Å²) in [5, 5.41) is 8.87. The number of fused-ring (bicyclic) bond motifs is 1. The minimum Gasteiger partial charge on any atom is -0.456 e. The molecule has 0 radical (unpaired) electrons. The van der Waals surface area contributed by atoms with Crippen LogP contribution in [0.5, 0.6) is 0 Å². The van der Waals surface area contributed by atoms with E-state index < -0.39 is 5.60 Å². The van der Waals surface area contributed by atoms with Gasteiger partial charge in [-0.3, -0.25) is 4.98 Å². The average molecular weight is 411 g/mol. The Morgan fingerprint density at radius 3 is 2.73 bits per heavy atom. The fourth-order valence-electron chi connectivity index (χ4n) is 5.54. The lowest BCUT2D eigenvalue weighted by atomic mass is 9.59. The maximum atomic E-state index is 13.5. The monoisotopic (exact) mass is 410 g/mol. The van der Waals surface area contributed by atoms with Gasteiger partial charge in [-0.25, -0.2) is 9.18 Å². The normalized spacial score (nSPS) is 33.5. The highest BCUT2D eigenvalue weighted by atomic mass is 19.1. The first-order valence-electron chi connectivity index (χ1n) is 10.7. The number of rotatable bonds is 4. The Morgan fingerprint density at radius 1 is 1.27 bits per heavy atom. The van der Waals surface area contributed by atoms with Crippen LogP contribution in [0.1, 0.15) is 39.3 Å². The van der Waals surface area contributed by atoms with Crippen LogP contribution in [0, 0.1) is 29.5 Å². The molecule has 4 rings (SSSR count). The van der Waals surface area contributed by atoms with Crippen LogP contribution in [-0.2, 0) is 9.53 Å². The first kappa shape index (κ1) is 20.7. The molecule has 2 N–H and O–H groups in total. The number of benzene rings is 1. The Balaban J connectivity index is 1.60. The van der Waals surface area contributed by atoms with Gasteiger partial charge in [0.1, 0.15) is 11.9 Å². The number of cyclic esters (lactones) is 1. The van der Waals surface area contributed by atoms with Gasteiger partial charge >= 0.3 is 5.97 Å². The van der Waals surface area contributed by atoms with Crippen LogP contribution >= 0.6 is 0 Å². The molecular formula is C25H29FNO3+. The SMILES string of the molecule is CC[C@H]1[C@H](/C=C/c2ccc(-c3cccc(F)c3)cn2)[C@@H]2[C@@H](C)OC(=O)[C@]2([OH2+])C[C@@H]1C. The Kier molecular flexibility index (Phi) is 5.49. The molecule has 2 fully saturated rings.